The van der Waals surface area contributed by atoms with Gasteiger partial charge >= 0.3 is 0 Å². The molecule has 148 valence electrons. The number of rotatable bonds is 6. The van der Waals surface area contributed by atoms with Gasteiger partial charge in [0.2, 0.25) is 5.91 Å². The fourth-order valence-corrected chi connectivity index (χ4v) is 3.43. The van der Waals surface area contributed by atoms with E-state index >= 15 is 0 Å². The second-order valence-corrected chi connectivity index (χ2v) is 7.26. The van der Waals surface area contributed by atoms with Gasteiger partial charge in [-0.15, -0.1) is 0 Å². The first-order chi connectivity index (χ1) is 14.1. The molecule has 0 aliphatic carbocycles. The number of aromatic amines is 1. The van der Waals surface area contributed by atoms with Crippen molar-refractivity contribution in [2.45, 2.75) is 32.9 Å². The Labute approximate surface area is 167 Å². The molecule has 2 aromatic heterocycles. The quantitative estimate of drug-likeness (QED) is 0.530. The third kappa shape index (κ3) is 3.76. The van der Waals surface area contributed by atoms with Crippen LogP contribution in [0.15, 0.2) is 59.7 Å². The highest BCUT2D eigenvalue weighted by Gasteiger charge is 2.24. The van der Waals surface area contributed by atoms with E-state index in [1.54, 1.807) is 18.2 Å². The van der Waals surface area contributed by atoms with Crippen molar-refractivity contribution >= 4 is 27.8 Å². The zero-order chi connectivity index (χ0) is 20.4. The normalized spacial score (nSPS) is 13.4. The van der Waals surface area contributed by atoms with Crippen molar-refractivity contribution in [2.75, 3.05) is 0 Å². The van der Waals surface area contributed by atoms with Crippen LogP contribution in [-0.2, 0) is 11.3 Å². The molecule has 29 heavy (non-hydrogen) atoms. The molecule has 0 saturated carbocycles. The highest BCUT2D eigenvalue weighted by atomic mass is 16.2. The zero-order valence-electron chi connectivity index (χ0n) is 16.4. The highest BCUT2D eigenvalue weighted by Crippen LogP contribution is 2.24. The van der Waals surface area contributed by atoms with Gasteiger partial charge in [-0.25, -0.2) is 9.97 Å². The molecule has 0 radical (unpaired) electrons. The van der Waals surface area contributed by atoms with Crippen molar-refractivity contribution in [2.24, 2.45) is 5.92 Å². The molecule has 7 nitrogen and oxygen atoms in total. The summed E-state index contributed by atoms with van der Waals surface area (Å²) in [5.74, 6) is 0.638. The second-order valence-electron chi connectivity index (χ2n) is 7.26. The molecule has 2 N–H and O–H groups in total. The molecule has 0 spiro atoms. The number of carbonyl (C=O) groups is 1. The van der Waals surface area contributed by atoms with E-state index in [0.29, 0.717) is 10.9 Å². The number of benzene rings is 2. The van der Waals surface area contributed by atoms with E-state index in [1.807, 2.05) is 30.3 Å². The van der Waals surface area contributed by atoms with Crippen molar-refractivity contribution in [3.05, 3.63) is 71.0 Å². The average Bonchev–Trinajstić information content (AvgIpc) is 3.17. The number of imidazole rings is 1. The maximum Gasteiger partial charge on any atom is 0.261 e. The Morgan fingerprint density at radius 2 is 1.86 bits per heavy atom. The van der Waals surface area contributed by atoms with Crippen LogP contribution in [0.5, 0.6) is 0 Å². The smallest absolute Gasteiger partial charge is 0.261 e. The molecule has 0 saturated heterocycles. The molecule has 0 fully saturated rings. The molecule has 0 aliphatic rings. The minimum atomic E-state index is -0.274. The number of H-pyrrole nitrogens is 1. The van der Waals surface area contributed by atoms with Crippen molar-refractivity contribution in [3.8, 4) is 0 Å². The zero-order valence-corrected chi connectivity index (χ0v) is 16.4. The van der Waals surface area contributed by atoms with E-state index in [0.717, 1.165) is 23.3 Å². The van der Waals surface area contributed by atoms with Gasteiger partial charge in [0.1, 0.15) is 12.4 Å². The Morgan fingerprint density at radius 3 is 2.62 bits per heavy atom. The first-order valence-electron chi connectivity index (χ1n) is 9.75. The first kappa shape index (κ1) is 18.9. The number of nitrogens with zero attached hydrogens (tertiary/aromatic N) is 3. The van der Waals surface area contributed by atoms with Crippen LogP contribution in [0.1, 0.15) is 32.1 Å². The third-order valence-electron chi connectivity index (χ3n) is 5.28. The fraction of sp³-hybridized carbons (Fsp3) is 0.273. The second kappa shape index (κ2) is 7.87. The molecule has 1 amide bonds. The van der Waals surface area contributed by atoms with Crippen LogP contribution in [0.4, 0.5) is 0 Å². The number of para-hydroxylation sites is 3. The summed E-state index contributed by atoms with van der Waals surface area (Å²) in [5.41, 5.74) is 2.18. The SMILES string of the molecule is CC[C@H](C)[C@@H](NC(=O)Cn1cnc2ccccc2c1=O)c1nc2ccccc2[nH]1. The summed E-state index contributed by atoms with van der Waals surface area (Å²) >= 11 is 0. The number of fused-ring (bicyclic) bond motifs is 2. The third-order valence-corrected chi connectivity index (χ3v) is 5.28. The van der Waals surface area contributed by atoms with Gasteiger partial charge in [-0.05, 0) is 30.2 Å². The lowest BCUT2D eigenvalue weighted by Gasteiger charge is -2.22. The molecule has 4 rings (SSSR count). The molecule has 0 aliphatic heterocycles. The number of amides is 1. The Kier molecular flexibility index (Phi) is 5.12. The Hall–Kier alpha value is -3.48. The van der Waals surface area contributed by atoms with Crippen molar-refractivity contribution < 1.29 is 4.79 Å². The van der Waals surface area contributed by atoms with Crippen molar-refractivity contribution in [1.29, 1.82) is 0 Å². The predicted molar refractivity (Wildman–Crippen MR) is 112 cm³/mol. The van der Waals surface area contributed by atoms with Crippen molar-refractivity contribution in [1.82, 2.24) is 24.8 Å². The molecule has 2 atom stereocenters. The van der Waals surface area contributed by atoms with Gasteiger partial charge < -0.3 is 10.3 Å². The van der Waals surface area contributed by atoms with Crippen LogP contribution in [0.3, 0.4) is 0 Å². The Bertz CT molecular complexity index is 1190. The first-order valence-corrected chi connectivity index (χ1v) is 9.75. The fourth-order valence-electron chi connectivity index (χ4n) is 3.43. The maximum atomic E-state index is 12.8. The van der Waals surface area contributed by atoms with E-state index in [9.17, 15) is 9.59 Å². The van der Waals surface area contributed by atoms with E-state index < -0.39 is 0 Å². The van der Waals surface area contributed by atoms with Gasteiger partial charge in [-0.2, -0.15) is 0 Å². The maximum absolute atomic E-state index is 12.8. The minimum Gasteiger partial charge on any atom is -0.344 e. The molecule has 0 unspecified atom stereocenters. The van der Waals surface area contributed by atoms with Gasteiger partial charge in [0.15, 0.2) is 0 Å². The highest BCUT2D eigenvalue weighted by molar-refractivity contribution is 5.79. The molecule has 2 heterocycles. The van der Waals surface area contributed by atoms with Gasteiger partial charge in [0.05, 0.1) is 34.3 Å². The molecule has 2 aromatic carbocycles. The summed E-state index contributed by atoms with van der Waals surface area (Å²) in [7, 11) is 0. The number of hydrogen-bond acceptors (Lipinski definition) is 4. The number of hydrogen-bond donors (Lipinski definition) is 2. The van der Waals surface area contributed by atoms with Crippen LogP contribution < -0.4 is 10.9 Å². The summed E-state index contributed by atoms with van der Waals surface area (Å²) < 4.78 is 1.34. The van der Waals surface area contributed by atoms with Crippen LogP contribution >= 0.6 is 0 Å². The topological polar surface area (TPSA) is 92.7 Å². The van der Waals surface area contributed by atoms with Gasteiger partial charge in [-0.1, -0.05) is 44.5 Å². The summed E-state index contributed by atoms with van der Waals surface area (Å²) in [6.45, 7) is 4.05. The van der Waals surface area contributed by atoms with Crippen molar-refractivity contribution in [3.63, 3.8) is 0 Å². The lowest BCUT2D eigenvalue weighted by atomic mass is 9.98. The largest absolute Gasteiger partial charge is 0.344 e. The minimum absolute atomic E-state index is 0.0934. The molecular weight excluding hydrogens is 366 g/mol. The average molecular weight is 389 g/mol. The van der Waals surface area contributed by atoms with E-state index in [4.69, 9.17) is 0 Å². The summed E-state index contributed by atoms with van der Waals surface area (Å²) in [4.78, 5) is 37.7. The number of carbonyl (C=O) groups excluding carboxylic acids is 1. The van der Waals surface area contributed by atoms with Gasteiger partial charge in [0.25, 0.3) is 5.56 Å². The van der Waals surface area contributed by atoms with Crippen LogP contribution in [0.2, 0.25) is 0 Å². The Balaban J connectivity index is 1.59. The number of aromatic nitrogens is 4. The lowest BCUT2D eigenvalue weighted by Crippen LogP contribution is -2.37. The number of nitrogens with one attached hydrogen (secondary N) is 2. The van der Waals surface area contributed by atoms with E-state index in [1.165, 1.54) is 10.9 Å². The standard InChI is InChI=1S/C22H23N5O2/c1-3-14(2)20(21-24-17-10-6-7-11-18(17)25-21)26-19(28)12-27-13-23-16-9-5-4-8-15(16)22(27)29/h4-11,13-14,20H,3,12H2,1-2H3,(H,24,25)(H,26,28)/t14-,20+/m0/s1. The monoisotopic (exact) mass is 389 g/mol. The van der Waals surface area contributed by atoms with Crippen LogP contribution in [0, 0.1) is 5.92 Å². The predicted octanol–water partition coefficient (Wildman–Crippen LogP) is 3.18. The molecular formula is C22H23N5O2. The lowest BCUT2D eigenvalue weighted by molar-refractivity contribution is -0.122. The molecule has 0 bridgehead atoms. The van der Waals surface area contributed by atoms with Crippen LogP contribution in [0.25, 0.3) is 21.9 Å². The molecule has 4 aromatic rings. The van der Waals surface area contributed by atoms with E-state index in [2.05, 4.69) is 34.1 Å². The van der Waals surface area contributed by atoms with E-state index in [-0.39, 0.29) is 30.0 Å². The molecule has 7 heteroatoms. The van der Waals surface area contributed by atoms with Gasteiger partial charge in [0, 0.05) is 0 Å². The van der Waals surface area contributed by atoms with Crippen LogP contribution in [-0.4, -0.2) is 25.4 Å². The van der Waals surface area contributed by atoms with Gasteiger partial charge in [-0.3, -0.25) is 14.2 Å². The summed E-state index contributed by atoms with van der Waals surface area (Å²) in [5, 5.41) is 3.55. The summed E-state index contributed by atoms with van der Waals surface area (Å²) in [6.07, 6.45) is 2.29. The Morgan fingerprint density at radius 1 is 1.14 bits per heavy atom. The summed E-state index contributed by atoms with van der Waals surface area (Å²) in [6, 6.07) is 14.6.